The van der Waals surface area contributed by atoms with E-state index >= 15 is 0 Å². The number of amides is 1. The van der Waals surface area contributed by atoms with Gasteiger partial charge in [-0.05, 0) is 5.92 Å². The predicted molar refractivity (Wildman–Crippen MR) is 50.5 cm³/mol. The number of carbonyl (C=O) groups is 2. The average Bonchev–Trinajstić information content (AvgIpc) is 2.23. The van der Waals surface area contributed by atoms with E-state index in [1.165, 1.54) is 7.11 Å². The third-order valence-electron chi connectivity index (χ3n) is 2.13. The van der Waals surface area contributed by atoms with Gasteiger partial charge >= 0.3 is 5.97 Å². The molecule has 2 unspecified atom stereocenters. The summed E-state index contributed by atoms with van der Waals surface area (Å²) in [6.07, 6.45) is 0.742. The van der Waals surface area contributed by atoms with Gasteiger partial charge in [0.05, 0.1) is 7.11 Å². The molecule has 5 nitrogen and oxygen atoms in total. The van der Waals surface area contributed by atoms with Gasteiger partial charge in [-0.25, -0.2) is 4.79 Å². The maximum absolute atomic E-state index is 11.2. The Morgan fingerprint density at radius 2 is 2.07 bits per heavy atom. The SMILES string of the molecule is CCC(C)C(NC(=O)CO)C(=O)OC. The molecule has 0 aliphatic heterocycles. The summed E-state index contributed by atoms with van der Waals surface area (Å²) in [5.74, 6) is -1.07. The minimum absolute atomic E-state index is 0.0158. The zero-order valence-corrected chi connectivity index (χ0v) is 8.74. The Balaban J connectivity index is 4.39. The van der Waals surface area contributed by atoms with Crippen molar-refractivity contribution in [3.63, 3.8) is 0 Å². The van der Waals surface area contributed by atoms with Crippen LogP contribution in [0.25, 0.3) is 0 Å². The molecular formula is C9H17NO4. The zero-order chi connectivity index (χ0) is 11.1. The van der Waals surface area contributed by atoms with E-state index < -0.39 is 24.5 Å². The van der Waals surface area contributed by atoms with Gasteiger partial charge in [-0.2, -0.15) is 0 Å². The number of methoxy groups -OCH3 is 1. The quantitative estimate of drug-likeness (QED) is 0.601. The van der Waals surface area contributed by atoms with Crippen molar-refractivity contribution in [2.75, 3.05) is 13.7 Å². The molecule has 1 amide bonds. The maximum atomic E-state index is 11.2. The van der Waals surface area contributed by atoms with Gasteiger partial charge in [-0.3, -0.25) is 4.79 Å². The summed E-state index contributed by atoms with van der Waals surface area (Å²) >= 11 is 0. The Hall–Kier alpha value is -1.10. The number of ether oxygens (including phenoxy) is 1. The first kappa shape index (κ1) is 12.9. The Bertz CT molecular complexity index is 205. The lowest BCUT2D eigenvalue weighted by Gasteiger charge is -2.21. The number of nitrogens with one attached hydrogen (secondary N) is 1. The summed E-state index contributed by atoms with van der Waals surface area (Å²) in [6.45, 7) is 3.12. The largest absolute Gasteiger partial charge is 0.467 e. The highest BCUT2D eigenvalue weighted by molar-refractivity contribution is 5.85. The zero-order valence-electron chi connectivity index (χ0n) is 8.74. The number of esters is 1. The first-order valence-electron chi connectivity index (χ1n) is 4.54. The van der Waals surface area contributed by atoms with Gasteiger partial charge in [-0.15, -0.1) is 0 Å². The van der Waals surface area contributed by atoms with Gasteiger partial charge in [-0.1, -0.05) is 20.3 Å². The first-order chi connectivity index (χ1) is 6.56. The van der Waals surface area contributed by atoms with Crippen molar-refractivity contribution in [3.05, 3.63) is 0 Å². The van der Waals surface area contributed by atoms with Crippen molar-refractivity contribution in [2.24, 2.45) is 5.92 Å². The number of carbonyl (C=O) groups excluding carboxylic acids is 2. The summed E-state index contributed by atoms with van der Waals surface area (Å²) in [5.41, 5.74) is 0. The maximum Gasteiger partial charge on any atom is 0.328 e. The molecule has 0 aliphatic carbocycles. The highest BCUT2D eigenvalue weighted by Gasteiger charge is 2.26. The molecule has 14 heavy (non-hydrogen) atoms. The van der Waals surface area contributed by atoms with Gasteiger partial charge in [0.1, 0.15) is 12.6 Å². The van der Waals surface area contributed by atoms with Crippen molar-refractivity contribution in [3.8, 4) is 0 Å². The number of aliphatic hydroxyl groups is 1. The third kappa shape index (κ3) is 3.74. The highest BCUT2D eigenvalue weighted by atomic mass is 16.5. The number of hydrogen-bond donors (Lipinski definition) is 2. The van der Waals surface area contributed by atoms with E-state index in [9.17, 15) is 9.59 Å². The molecule has 0 aromatic rings. The van der Waals surface area contributed by atoms with Crippen molar-refractivity contribution in [2.45, 2.75) is 26.3 Å². The van der Waals surface area contributed by atoms with Crippen LogP contribution in [0.5, 0.6) is 0 Å². The lowest BCUT2D eigenvalue weighted by molar-refractivity contribution is -0.146. The van der Waals surface area contributed by atoms with Crippen LogP contribution in [0.2, 0.25) is 0 Å². The van der Waals surface area contributed by atoms with Crippen LogP contribution < -0.4 is 5.32 Å². The lowest BCUT2D eigenvalue weighted by atomic mass is 9.99. The second-order valence-electron chi connectivity index (χ2n) is 3.11. The van der Waals surface area contributed by atoms with Crippen LogP contribution in [0.1, 0.15) is 20.3 Å². The lowest BCUT2D eigenvalue weighted by Crippen LogP contribution is -2.46. The molecule has 0 bridgehead atoms. The molecule has 5 heteroatoms. The Kier molecular flexibility index (Phi) is 5.87. The fourth-order valence-corrected chi connectivity index (χ4v) is 1.02. The molecule has 0 radical (unpaired) electrons. The second kappa shape index (κ2) is 6.37. The van der Waals surface area contributed by atoms with Crippen LogP contribution in [0, 0.1) is 5.92 Å². The normalized spacial score (nSPS) is 14.3. The Labute approximate surface area is 83.4 Å². The molecule has 0 spiro atoms. The van der Waals surface area contributed by atoms with Gasteiger partial charge in [0.2, 0.25) is 5.91 Å². The smallest absolute Gasteiger partial charge is 0.328 e. The van der Waals surface area contributed by atoms with Crippen molar-refractivity contribution < 1.29 is 19.4 Å². The summed E-state index contributed by atoms with van der Waals surface area (Å²) in [7, 11) is 1.27. The molecule has 0 fully saturated rings. The molecule has 0 saturated heterocycles. The monoisotopic (exact) mass is 203 g/mol. The average molecular weight is 203 g/mol. The van der Waals surface area contributed by atoms with E-state index in [1.54, 1.807) is 0 Å². The third-order valence-corrected chi connectivity index (χ3v) is 2.13. The van der Waals surface area contributed by atoms with Crippen LogP contribution in [0.15, 0.2) is 0 Å². The predicted octanol–water partition coefficient (Wildman–Crippen LogP) is -0.317. The van der Waals surface area contributed by atoms with Crippen molar-refractivity contribution in [1.82, 2.24) is 5.32 Å². The first-order valence-corrected chi connectivity index (χ1v) is 4.54. The van der Waals surface area contributed by atoms with E-state index in [1.807, 2.05) is 13.8 Å². The molecule has 0 heterocycles. The van der Waals surface area contributed by atoms with E-state index in [-0.39, 0.29) is 5.92 Å². The second-order valence-corrected chi connectivity index (χ2v) is 3.11. The summed E-state index contributed by atoms with van der Waals surface area (Å²) < 4.78 is 4.55. The number of hydrogen-bond acceptors (Lipinski definition) is 4. The Morgan fingerprint density at radius 1 is 1.50 bits per heavy atom. The number of rotatable bonds is 5. The minimum Gasteiger partial charge on any atom is -0.467 e. The highest BCUT2D eigenvalue weighted by Crippen LogP contribution is 2.08. The number of aliphatic hydroxyl groups excluding tert-OH is 1. The van der Waals surface area contributed by atoms with E-state index in [2.05, 4.69) is 10.1 Å². The van der Waals surface area contributed by atoms with Crippen LogP contribution in [0.4, 0.5) is 0 Å². The molecule has 0 aliphatic rings. The topological polar surface area (TPSA) is 75.6 Å². The summed E-state index contributed by atoms with van der Waals surface area (Å²) in [5, 5.41) is 10.9. The molecule has 2 N–H and O–H groups in total. The standard InChI is InChI=1S/C9H17NO4/c1-4-6(2)8(9(13)14-3)10-7(12)5-11/h6,8,11H,4-5H2,1-3H3,(H,10,12). The van der Waals surface area contributed by atoms with Gasteiger partial charge in [0.15, 0.2) is 0 Å². The summed E-state index contributed by atoms with van der Waals surface area (Å²) in [4.78, 5) is 22.1. The molecule has 0 rings (SSSR count). The van der Waals surface area contributed by atoms with Crippen molar-refractivity contribution >= 4 is 11.9 Å². The molecule has 0 aromatic heterocycles. The molecule has 0 aromatic carbocycles. The Morgan fingerprint density at radius 3 is 2.43 bits per heavy atom. The minimum atomic E-state index is -0.676. The van der Waals surface area contributed by atoms with E-state index in [4.69, 9.17) is 5.11 Å². The van der Waals surface area contributed by atoms with Crippen LogP contribution >= 0.6 is 0 Å². The molecule has 2 atom stereocenters. The fourth-order valence-electron chi connectivity index (χ4n) is 1.02. The van der Waals surface area contributed by atoms with Crippen LogP contribution in [-0.2, 0) is 14.3 Å². The van der Waals surface area contributed by atoms with Gasteiger partial charge in [0, 0.05) is 0 Å². The van der Waals surface area contributed by atoms with Crippen molar-refractivity contribution in [1.29, 1.82) is 0 Å². The van der Waals surface area contributed by atoms with Crippen LogP contribution in [-0.4, -0.2) is 36.7 Å². The van der Waals surface area contributed by atoms with Gasteiger partial charge < -0.3 is 15.2 Å². The van der Waals surface area contributed by atoms with E-state index in [0.29, 0.717) is 0 Å². The summed E-state index contributed by atoms with van der Waals surface area (Å²) in [6, 6.07) is -0.676. The fraction of sp³-hybridized carbons (Fsp3) is 0.778. The molecule has 82 valence electrons. The molecule has 0 saturated carbocycles. The van der Waals surface area contributed by atoms with Crippen LogP contribution in [0.3, 0.4) is 0 Å². The molecular weight excluding hydrogens is 186 g/mol. The van der Waals surface area contributed by atoms with E-state index in [0.717, 1.165) is 6.42 Å². The van der Waals surface area contributed by atoms with Gasteiger partial charge in [0.25, 0.3) is 0 Å².